The number of aromatic nitrogens is 1. The second-order valence-electron chi connectivity index (χ2n) is 4.41. The zero-order valence-electron chi connectivity index (χ0n) is 12.0. The van der Waals surface area contributed by atoms with Gasteiger partial charge in [0.2, 0.25) is 0 Å². The van der Waals surface area contributed by atoms with Crippen molar-refractivity contribution in [3.8, 4) is 22.9 Å². The van der Waals surface area contributed by atoms with Gasteiger partial charge in [-0.15, -0.1) is 0 Å². The molecule has 2 aromatic rings. The Morgan fingerprint density at radius 1 is 1.24 bits per heavy atom. The van der Waals surface area contributed by atoms with E-state index in [1.165, 1.54) is 0 Å². The number of methoxy groups -OCH3 is 1. The summed E-state index contributed by atoms with van der Waals surface area (Å²) in [6.45, 7) is 3.52. The molecule has 6 heteroatoms. The topological polar surface area (TPSA) is 94.7 Å². The predicted molar refractivity (Wildman–Crippen MR) is 79.2 cm³/mol. The van der Waals surface area contributed by atoms with Crippen molar-refractivity contribution in [2.45, 2.75) is 13.8 Å². The van der Waals surface area contributed by atoms with Gasteiger partial charge in [-0.3, -0.25) is 4.98 Å². The van der Waals surface area contributed by atoms with Gasteiger partial charge in [-0.2, -0.15) is 5.26 Å². The standard InChI is InChI=1S/C15H13N5O/c1-9-13(8-16)14(15(19-20-17)10(2)18-9)11-4-6-12(21-3)7-5-11/h4-7H,1-3H3. The molecule has 0 aliphatic rings. The molecule has 0 aliphatic carbocycles. The molecule has 0 amide bonds. The van der Waals surface area contributed by atoms with Gasteiger partial charge in [0.05, 0.1) is 24.1 Å². The van der Waals surface area contributed by atoms with Crippen molar-refractivity contribution in [2.24, 2.45) is 5.11 Å². The molecule has 0 saturated carbocycles. The third-order valence-electron chi connectivity index (χ3n) is 3.16. The van der Waals surface area contributed by atoms with Gasteiger partial charge in [0.15, 0.2) is 0 Å². The minimum absolute atomic E-state index is 0.379. The number of nitriles is 1. The third kappa shape index (κ3) is 2.64. The highest BCUT2D eigenvalue weighted by atomic mass is 16.5. The lowest BCUT2D eigenvalue weighted by atomic mass is 9.97. The molecule has 2 rings (SSSR count). The molecule has 104 valence electrons. The molecule has 0 aliphatic heterocycles. The molecule has 0 bridgehead atoms. The van der Waals surface area contributed by atoms with Crippen LogP contribution in [-0.4, -0.2) is 12.1 Å². The fourth-order valence-corrected chi connectivity index (χ4v) is 2.18. The van der Waals surface area contributed by atoms with Crippen molar-refractivity contribution >= 4 is 5.69 Å². The van der Waals surface area contributed by atoms with Crippen molar-refractivity contribution in [1.82, 2.24) is 4.98 Å². The molecule has 1 aromatic carbocycles. The Bertz CT molecular complexity index is 768. The number of rotatable bonds is 3. The largest absolute Gasteiger partial charge is 0.497 e. The number of pyridine rings is 1. The molecule has 0 fully saturated rings. The number of hydrogen-bond donors (Lipinski definition) is 0. The number of hydrogen-bond acceptors (Lipinski definition) is 4. The highest BCUT2D eigenvalue weighted by Crippen LogP contribution is 2.37. The van der Waals surface area contributed by atoms with E-state index in [0.29, 0.717) is 34.0 Å². The van der Waals surface area contributed by atoms with Gasteiger partial charge in [-0.25, -0.2) is 0 Å². The van der Waals surface area contributed by atoms with E-state index in [0.717, 1.165) is 5.56 Å². The van der Waals surface area contributed by atoms with Crippen LogP contribution >= 0.6 is 0 Å². The zero-order valence-corrected chi connectivity index (χ0v) is 12.0. The van der Waals surface area contributed by atoms with Crippen LogP contribution in [0.15, 0.2) is 29.4 Å². The Kier molecular flexibility index (Phi) is 4.07. The highest BCUT2D eigenvalue weighted by Gasteiger charge is 2.16. The van der Waals surface area contributed by atoms with E-state index < -0.39 is 0 Å². The van der Waals surface area contributed by atoms with E-state index in [4.69, 9.17) is 10.3 Å². The summed E-state index contributed by atoms with van der Waals surface area (Å²) in [7, 11) is 1.59. The molecule has 1 heterocycles. The van der Waals surface area contributed by atoms with Gasteiger partial charge >= 0.3 is 0 Å². The Labute approximate surface area is 122 Å². The van der Waals surface area contributed by atoms with Gasteiger partial charge in [0, 0.05) is 16.2 Å². The molecule has 0 saturated heterocycles. The quantitative estimate of drug-likeness (QED) is 0.478. The van der Waals surface area contributed by atoms with Crippen LogP contribution in [0.2, 0.25) is 0 Å². The summed E-state index contributed by atoms with van der Waals surface area (Å²) in [6, 6.07) is 9.37. The van der Waals surface area contributed by atoms with E-state index in [1.807, 2.05) is 12.1 Å². The van der Waals surface area contributed by atoms with E-state index in [1.54, 1.807) is 33.1 Å². The van der Waals surface area contributed by atoms with Gasteiger partial charge in [0.25, 0.3) is 0 Å². The first-order chi connectivity index (χ1) is 10.1. The summed E-state index contributed by atoms with van der Waals surface area (Å²) in [5.74, 6) is 0.713. The van der Waals surface area contributed by atoms with E-state index in [-0.39, 0.29) is 0 Å². The van der Waals surface area contributed by atoms with Gasteiger partial charge < -0.3 is 4.74 Å². The van der Waals surface area contributed by atoms with Crippen LogP contribution in [0.3, 0.4) is 0 Å². The van der Waals surface area contributed by atoms with E-state index in [9.17, 15) is 5.26 Å². The second kappa shape index (κ2) is 5.95. The van der Waals surface area contributed by atoms with Crippen molar-refractivity contribution in [2.75, 3.05) is 7.11 Å². The molecule has 0 spiro atoms. The maximum absolute atomic E-state index is 9.40. The zero-order chi connectivity index (χ0) is 15.4. The lowest BCUT2D eigenvalue weighted by Gasteiger charge is -2.13. The summed E-state index contributed by atoms with van der Waals surface area (Å²) in [5.41, 5.74) is 12.1. The normalized spacial score (nSPS) is 9.62. The first-order valence-corrected chi connectivity index (χ1v) is 6.23. The first-order valence-electron chi connectivity index (χ1n) is 6.23. The monoisotopic (exact) mass is 279 g/mol. The van der Waals surface area contributed by atoms with Crippen LogP contribution < -0.4 is 4.74 Å². The van der Waals surface area contributed by atoms with Crippen molar-refractivity contribution < 1.29 is 4.74 Å². The first kappa shape index (κ1) is 14.4. The fourth-order valence-electron chi connectivity index (χ4n) is 2.18. The van der Waals surface area contributed by atoms with Crippen LogP contribution in [0, 0.1) is 25.2 Å². The smallest absolute Gasteiger partial charge is 0.118 e. The third-order valence-corrected chi connectivity index (χ3v) is 3.16. The molecular formula is C15H13N5O. The second-order valence-corrected chi connectivity index (χ2v) is 4.41. The molecule has 0 unspecified atom stereocenters. The average molecular weight is 279 g/mol. The van der Waals surface area contributed by atoms with Gasteiger partial charge in [-0.1, -0.05) is 17.2 Å². The summed E-state index contributed by atoms with van der Waals surface area (Å²) in [5, 5.41) is 13.1. The maximum atomic E-state index is 9.40. The maximum Gasteiger partial charge on any atom is 0.118 e. The van der Waals surface area contributed by atoms with Crippen LogP contribution in [-0.2, 0) is 0 Å². The van der Waals surface area contributed by atoms with Crippen molar-refractivity contribution in [1.29, 1.82) is 5.26 Å². The minimum atomic E-state index is 0.379. The van der Waals surface area contributed by atoms with Crippen LogP contribution in [0.4, 0.5) is 5.69 Å². The van der Waals surface area contributed by atoms with E-state index >= 15 is 0 Å². The van der Waals surface area contributed by atoms with Gasteiger partial charge in [0.1, 0.15) is 11.8 Å². The highest BCUT2D eigenvalue weighted by molar-refractivity contribution is 5.83. The number of aryl methyl sites for hydroxylation is 2. The number of azide groups is 1. The molecule has 6 nitrogen and oxygen atoms in total. The molecule has 21 heavy (non-hydrogen) atoms. The van der Waals surface area contributed by atoms with Crippen molar-refractivity contribution in [3.63, 3.8) is 0 Å². The Hall–Kier alpha value is -3.03. The lowest BCUT2D eigenvalue weighted by Crippen LogP contribution is -1.97. The summed E-state index contributed by atoms with van der Waals surface area (Å²) >= 11 is 0. The van der Waals surface area contributed by atoms with Gasteiger partial charge in [-0.05, 0) is 37.1 Å². The van der Waals surface area contributed by atoms with Crippen LogP contribution in [0.5, 0.6) is 5.75 Å². The number of benzene rings is 1. The predicted octanol–water partition coefficient (Wildman–Crippen LogP) is 4.19. The molecular weight excluding hydrogens is 266 g/mol. The summed E-state index contributed by atoms with van der Waals surface area (Å²) in [4.78, 5) is 7.11. The Morgan fingerprint density at radius 2 is 1.90 bits per heavy atom. The fraction of sp³-hybridized carbons (Fsp3) is 0.200. The Balaban J connectivity index is 2.80. The summed E-state index contributed by atoms with van der Waals surface area (Å²) in [6.07, 6.45) is 0. The molecule has 1 aromatic heterocycles. The van der Waals surface area contributed by atoms with Crippen molar-refractivity contribution in [3.05, 3.63) is 51.7 Å². The van der Waals surface area contributed by atoms with Crippen LogP contribution in [0.25, 0.3) is 21.6 Å². The lowest BCUT2D eigenvalue weighted by molar-refractivity contribution is 0.415. The number of nitrogens with zero attached hydrogens (tertiary/aromatic N) is 5. The van der Waals surface area contributed by atoms with Crippen LogP contribution in [0.1, 0.15) is 17.0 Å². The molecule has 0 atom stereocenters. The van der Waals surface area contributed by atoms with E-state index in [2.05, 4.69) is 21.1 Å². The minimum Gasteiger partial charge on any atom is -0.497 e. The average Bonchev–Trinajstić information content (AvgIpc) is 2.50. The summed E-state index contributed by atoms with van der Waals surface area (Å²) < 4.78 is 5.13. The SMILES string of the molecule is COc1ccc(-c2c(C#N)c(C)nc(C)c2N=[N+]=[N-])cc1. The number of ether oxygens (including phenoxy) is 1. The Morgan fingerprint density at radius 3 is 2.43 bits per heavy atom. The molecule has 0 N–H and O–H groups in total. The molecule has 0 radical (unpaired) electrons.